The van der Waals surface area contributed by atoms with Crippen molar-refractivity contribution in [1.82, 2.24) is 0 Å². The summed E-state index contributed by atoms with van der Waals surface area (Å²) < 4.78 is 1.94. The zero-order valence-electron chi connectivity index (χ0n) is 17.2. The molecule has 0 aromatic carbocycles. The molecule has 0 N–H and O–H groups in total. The first kappa shape index (κ1) is 24.8. The summed E-state index contributed by atoms with van der Waals surface area (Å²) in [6, 6.07) is 0. The molecular weight excluding hydrogens is 261 g/mol. The Morgan fingerprint density at radius 3 is 1.26 bits per heavy atom. The van der Waals surface area contributed by atoms with Gasteiger partial charge in [-0.2, -0.15) is 0 Å². The molecule has 0 aromatic rings. The molecule has 0 aliphatic rings. The fourth-order valence-corrected chi connectivity index (χ4v) is 3.64. The van der Waals surface area contributed by atoms with Crippen molar-refractivity contribution in [3.8, 4) is 0 Å². The van der Waals surface area contributed by atoms with Crippen molar-refractivity contribution >= 4 is 53.1 Å². The second-order valence-electron chi connectivity index (χ2n) is 8.25. The van der Waals surface area contributed by atoms with E-state index in [1.807, 2.05) is 0 Å². The molecule has 0 heterocycles. The fourth-order valence-electron chi connectivity index (χ4n) is 3.64. The first-order chi connectivity index (χ1) is 11.2. The van der Waals surface area contributed by atoms with Crippen molar-refractivity contribution in [2.45, 2.75) is 124 Å². The maximum absolute atomic E-state index is 2.46. The third kappa shape index (κ3) is 20.0. The first-order valence-electron chi connectivity index (χ1n) is 11.2. The molecule has 0 fully saturated rings. The molecular formula is C20H39Li3. The monoisotopic (exact) mass is 300 g/mol. The molecule has 0 aromatic heterocycles. The van der Waals surface area contributed by atoms with E-state index in [0.29, 0.717) is 0 Å². The number of hydrogen-bond acceptors (Lipinski definition) is 0. The predicted molar refractivity (Wildman–Crippen MR) is 109 cm³/mol. The van der Waals surface area contributed by atoms with Crippen LogP contribution >= 0.6 is 0 Å². The summed E-state index contributed by atoms with van der Waals surface area (Å²) in [4.78, 5) is 0. The topological polar surface area (TPSA) is 0 Å². The van der Waals surface area contributed by atoms with Gasteiger partial charge in [0.1, 0.15) is 0 Å². The zero-order valence-corrected chi connectivity index (χ0v) is 17.2. The zero-order chi connectivity index (χ0) is 17.2. The van der Waals surface area contributed by atoms with Crippen LogP contribution in [0.2, 0.25) is 14.3 Å². The normalized spacial score (nSPS) is 14.2. The van der Waals surface area contributed by atoms with E-state index in [2.05, 4.69) is 60.1 Å². The van der Waals surface area contributed by atoms with Crippen LogP contribution in [0, 0.1) is 0 Å². The van der Waals surface area contributed by atoms with Crippen LogP contribution in [-0.2, 0) is 0 Å². The molecule has 3 heteroatoms. The van der Waals surface area contributed by atoms with Gasteiger partial charge in [-0.15, -0.1) is 0 Å². The van der Waals surface area contributed by atoms with Gasteiger partial charge in [0.05, 0.1) is 0 Å². The van der Waals surface area contributed by atoms with Crippen molar-refractivity contribution in [3.05, 3.63) is 0 Å². The van der Waals surface area contributed by atoms with Gasteiger partial charge in [0, 0.05) is 0 Å². The standard InChI is InChI=1S/C20H39.3Li/c1-3-5-7-9-11-13-15-17-19-20-18-16-14-12-10-8-6-4-2;;;/h9,12H,1,3-8,10-11,13-20H2,2H3;;;. The van der Waals surface area contributed by atoms with E-state index in [1.165, 1.54) is 108 Å². The third-order valence-electron chi connectivity index (χ3n) is 5.49. The third-order valence-corrected chi connectivity index (χ3v) is 5.49. The molecule has 0 radical (unpaired) electrons. The predicted octanol–water partition coefficient (Wildman–Crippen LogP) is 6.75. The van der Waals surface area contributed by atoms with Gasteiger partial charge in [-0.25, -0.2) is 0 Å². The summed E-state index contributed by atoms with van der Waals surface area (Å²) in [5.41, 5.74) is 0. The molecule has 0 aliphatic carbocycles. The van der Waals surface area contributed by atoms with Gasteiger partial charge in [0.25, 0.3) is 0 Å². The molecule has 23 heavy (non-hydrogen) atoms. The SMILES string of the molecule is [Li][CH2]CCC[CH]([Li])CCCCCCCCC[CH]([Li])CCCCC. The van der Waals surface area contributed by atoms with E-state index in [-0.39, 0.29) is 0 Å². The summed E-state index contributed by atoms with van der Waals surface area (Å²) in [6.45, 7) is 2.30. The Balaban J connectivity index is 3.18. The fraction of sp³-hybridized carbons (Fsp3) is 1.00. The molecule has 0 saturated carbocycles. The van der Waals surface area contributed by atoms with Crippen LogP contribution in [0.25, 0.3) is 0 Å². The minimum absolute atomic E-state index is 0.968. The van der Waals surface area contributed by atoms with Gasteiger partial charge < -0.3 is 0 Å². The molecule has 0 aliphatic heterocycles. The maximum atomic E-state index is 2.46. The van der Waals surface area contributed by atoms with Crippen LogP contribution in [0.1, 0.15) is 110 Å². The Morgan fingerprint density at radius 1 is 0.522 bits per heavy atom. The molecule has 0 amide bonds. The van der Waals surface area contributed by atoms with Crippen LogP contribution in [-0.4, -0.2) is 53.1 Å². The summed E-state index contributed by atoms with van der Waals surface area (Å²) in [5, 5.41) is 1.37. The molecule has 2 atom stereocenters. The van der Waals surface area contributed by atoms with E-state index in [9.17, 15) is 0 Å². The van der Waals surface area contributed by atoms with Gasteiger partial charge >= 0.3 is 177 Å². The Labute approximate surface area is 176 Å². The van der Waals surface area contributed by atoms with Crippen LogP contribution in [0.4, 0.5) is 0 Å². The van der Waals surface area contributed by atoms with Crippen molar-refractivity contribution in [2.75, 3.05) is 0 Å². The average molecular weight is 300 g/mol. The molecule has 0 saturated heterocycles. The average Bonchev–Trinajstić information content (AvgIpc) is 2.53. The number of hydrogen-bond donors (Lipinski definition) is 0. The Bertz CT molecular complexity index is 199. The van der Waals surface area contributed by atoms with Crippen molar-refractivity contribution < 1.29 is 0 Å². The molecule has 122 valence electrons. The van der Waals surface area contributed by atoms with Gasteiger partial charge in [0.2, 0.25) is 0 Å². The molecule has 0 spiro atoms. The van der Waals surface area contributed by atoms with Gasteiger partial charge in [0.15, 0.2) is 0 Å². The van der Waals surface area contributed by atoms with Crippen LogP contribution < -0.4 is 0 Å². The second-order valence-corrected chi connectivity index (χ2v) is 8.25. The van der Waals surface area contributed by atoms with Gasteiger partial charge in [-0.1, -0.05) is 0 Å². The molecule has 0 bridgehead atoms. The Kier molecular flexibility index (Phi) is 21.7. The van der Waals surface area contributed by atoms with Crippen LogP contribution in [0.3, 0.4) is 0 Å². The summed E-state index contributed by atoms with van der Waals surface area (Å²) in [5.74, 6) is 0. The summed E-state index contributed by atoms with van der Waals surface area (Å²) >= 11 is 7.21. The van der Waals surface area contributed by atoms with E-state index in [4.69, 9.17) is 0 Å². The van der Waals surface area contributed by atoms with Crippen molar-refractivity contribution in [2.24, 2.45) is 0 Å². The van der Waals surface area contributed by atoms with E-state index >= 15 is 0 Å². The van der Waals surface area contributed by atoms with E-state index in [0.717, 1.165) is 9.18 Å². The quantitative estimate of drug-likeness (QED) is 0.194. The minimum atomic E-state index is 0.968. The van der Waals surface area contributed by atoms with Crippen molar-refractivity contribution in [1.29, 1.82) is 0 Å². The number of rotatable bonds is 18. The van der Waals surface area contributed by atoms with E-state index < -0.39 is 0 Å². The summed E-state index contributed by atoms with van der Waals surface area (Å²) in [6.07, 6.45) is 23.3. The van der Waals surface area contributed by atoms with Gasteiger partial charge in [-0.05, 0) is 0 Å². The molecule has 2 unspecified atom stereocenters. The summed E-state index contributed by atoms with van der Waals surface area (Å²) in [7, 11) is 0. The van der Waals surface area contributed by atoms with Crippen LogP contribution in [0.15, 0.2) is 0 Å². The van der Waals surface area contributed by atoms with E-state index in [1.54, 1.807) is 0 Å². The first-order valence-corrected chi connectivity index (χ1v) is 11.2. The van der Waals surface area contributed by atoms with Gasteiger partial charge in [-0.3, -0.25) is 0 Å². The van der Waals surface area contributed by atoms with Crippen LogP contribution in [0.5, 0.6) is 0 Å². The number of unbranched alkanes of at least 4 members (excludes halogenated alkanes) is 9. The second kappa shape index (κ2) is 20.1. The Morgan fingerprint density at radius 2 is 0.870 bits per heavy atom. The molecule has 0 nitrogen and oxygen atoms in total. The Hall–Kier alpha value is 1.79. The molecule has 0 rings (SSSR count). The van der Waals surface area contributed by atoms with Crippen molar-refractivity contribution in [3.63, 3.8) is 0 Å².